The van der Waals surface area contributed by atoms with E-state index in [-0.39, 0.29) is 22.7 Å². The Labute approximate surface area is 156 Å². The molecule has 0 radical (unpaired) electrons. The Morgan fingerprint density at radius 2 is 1.68 bits per heavy atom. The zero-order valence-corrected chi connectivity index (χ0v) is 14.5. The van der Waals surface area contributed by atoms with Gasteiger partial charge in [-0.15, -0.1) is 5.10 Å². The van der Waals surface area contributed by atoms with Gasteiger partial charge in [-0.05, 0) is 42.8 Å². The number of benzene rings is 2. The number of rotatable bonds is 3. The molecule has 2 aromatic carbocycles. The van der Waals surface area contributed by atoms with E-state index in [1.807, 2.05) is 0 Å². The van der Waals surface area contributed by atoms with Gasteiger partial charge in [-0.2, -0.15) is 4.98 Å². The molecule has 0 atom stereocenters. The molecule has 0 amide bonds. The second kappa shape index (κ2) is 6.80. The molecule has 4 aromatic rings. The molecule has 0 unspecified atom stereocenters. The predicted molar refractivity (Wildman–Crippen MR) is 95.8 cm³/mol. The largest absolute Gasteiger partial charge is 0.435 e. The van der Waals surface area contributed by atoms with Crippen molar-refractivity contribution in [3.63, 3.8) is 0 Å². The third kappa shape index (κ3) is 3.09. The summed E-state index contributed by atoms with van der Waals surface area (Å²) in [6.07, 6.45) is 1.10. The molecular weight excluding hydrogens is 371 g/mol. The van der Waals surface area contributed by atoms with E-state index in [9.17, 15) is 18.0 Å². The van der Waals surface area contributed by atoms with Gasteiger partial charge in [0.15, 0.2) is 11.6 Å². The molecule has 2 heterocycles. The summed E-state index contributed by atoms with van der Waals surface area (Å²) in [5.41, 5.74) is -0.698. The van der Waals surface area contributed by atoms with Crippen LogP contribution in [0.3, 0.4) is 0 Å². The van der Waals surface area contributed by atoms with Crippen LogP contribution in [-0.2, 0) is 0 Å². The van der Waals surface area contributed by atoms with Crippen LogP contribution in [0.15, 0.2) is 59.7 Å². The quantitative estimate of drug-likeness (QED) is 0.530. The highest BCUT2D eigenvalue weighted by Gasteiger charge is 2.19. The van der Waals surface area contributed by atoms with Crippen molar-refractivity contribution in [2.24, 2.45) is 0 Å². The molecule has 0 saturated carbocycles. The first-order valence-electron chi connectivity index (χ1n) is 8.21. The average Bonchev–Trinajstić information content (AvgIpc) is 2.65. The average molecular weight is 383 g/mol. The van der Waals surface area contributed by atoms with E-state index in [0.29, 0.717) is 0 Å². The van der Waals surface area contributed by atoms with E-state index in [1.54, 1.807) is 13.0 Å². The van der Waals surface area contributed by atoms with Crippen LogP contribution < -0.4 is 10.3 Å². The Kier molecular flexibility index (Phi) is 4.31. The second-order valence-electron chi connectivity index (χ2n) is 6.06. The van der Waals surface area contributed by atoms with E-state index in [2.05, 4.69) is 10.1 Å². The third-order valence-electron chi connectivity index (χ3n) is 4.11. The number of nitrogens with zero attached hydrogens (tertiary/aromatic N) is 3. The van der Waals surface area contributed by atoms with Crippen molar-refractivity contribution in [1.29, 1.82) is 0 Å². The van der Waals surface area contributed by atoms with Gasteiger partial charge in [0.1, 0.15) is 18.0 Å². The molecule has 0 aliphatic heterocycles. The molecule has 8 heteroatoms. The molecule has 0 fully saturated rings. The smallest absolute Gasteiger partial charge is 0.281 e. The first kappa shape index (κ1) is 17.7. The normalized spacial score (nSPS) is 11.0. The molecular formula is C20H12F3N3O2. The Morgan fingerprint density at radius 3 is 2.39 bits per heavy atom. The minimum Gasteiger partial charge on any atom is -0.435 e. The maximum Gasteiger partial charge on any atom is 0.281 e. The minimum atomic E-state index is -0.894. The maximum absolute atomic E-state index is 14.2. The van der Waals surface area contributed by atoms with Crippen LogP contribution in [-0.4, -0.2) is 14.6 Å². The number of hydrogen-bond donors (Lipinski definition) is 0. The van der Waals surface area contributed by atoms with Crippen molar-refractivity contribution in [2.45, 2.75) is 6.92 Å². The van der Waals surface area contributed by atoms with Crippen molar-refractivity contribution in [3.05, 3.63) is 88.2 Å². The van der Waals surface area contributed by atoms with Crippen LogP contribution in [0.25, 0.3) is 16.6 Å². The topological polar surface area (TPSA) is 56.5 Å². The predicted octanol–water partition coefficient (Wildman–Crippen LogP) is 4.27. The van der Waals surface area contributed by atoms with E-state index >= 15 is 0 Å². The summed E-state index contributed by atoms with van der Waals surface area (Å²) in [6.45, 7) is 1.74. The van der Waals surface area contributed by atoms with Crippen LogP contribution in [0.1, 0.15) is 5.56 Å². The van der Waals surface area contributed by atoms with Crippen LogP contribution in [0.5, 0.6) is 11.6 Å². The van der Waals surface area contributed by atoms with Crippen molar-refractivity contribution in [1.82, 2.24) is 14.6 Å². The van der Waals surface area contributed by atoms with E-state index < -0.39 is 28.6 Å². The molecule has 2 aromatic heterocycles. The first-order chi connectivity index (χ1) is 13.4. The van der Waals surface area contributed by atoms with Crippen molar-refractivity contribution >= 4 is 5.52 Å². The highest BCUT2D eigenvalue weighted by atomic mass is 19.1. The standard InChI is InChI=1S/C20H12F3N3O2/c1-11-5-7-16(14(23)9-11)28-17-8-6-15-19(20(27)24-10-26(15)25-17)18-12(21)3-2-4-13(18)22/h2-10H,1H3. The number of aromatic nitrogens is 3. The molecule has 28 heavy (non-hydrogen) atoms. The lowest BCUT2D eigenvalue weighted by atomic mass is 10.1. The lowest BCUT2D eigenvalue weighted by Crippen LogP contribution is -2.15. The maximum atomic E-state index is 14.2. The van der Waals surface area contributed by atoms with Gasteiger partial charge in [-0.25, -0.2) is 17.7 Å². The summed E-state index contributed by atoms with van der Waals surface area (Å²) in [6, 6.07) is 10.5. The molecule has 0 N–H and O–H groups in total. The van der Waals surface area contributed by atoms with Gasteiger partial charge in [-0.1, -0.05) is 12.1 Å². The van der Waals surface area contributed by atoms with Gasteiger partial charge in [0, 0.05) is 6.07 Å². The van der Waals surface area contributed by atoms with Gasteiger partial charge in [-0.3, -0.25) is 4.79 Å². The zero-order valence-electron chi connectivity index (χ0n) is 14.5. The van der Waals surface area contributed by atoms with Crippen LogP contribution >= 0.6 is 0 Å². The van der Waals surface area contributed by atoms with Gasteiger partial charge < -0.3 is 4.74 Å². The fourth-order valence-electron chi connectivity index (χ4n) is 2.81. The Balaban J connectivity index is 1.84. The summed E-state index contributed by atoms with van der Waals surface area (Å²) in [7, 11) is 0. The van der Waals surface area contributed by atoms with Gasteiger partial charge in [0.25, 0.3) is 5.56 Å². The van der Waals surface area contributed by atoms with Crippen LogP contribution in [0, 0.1) is 24.4 Å². The summed E-state index contributed by atoms with van der Waals surface area (Å²) in [5.74, 6) is -2.37. The van der Waals surface area contributed by atoms with Crippen molar-refractivity contribution < 1.29 is 17.9 Å². The number of halogens is 3. The lowest BCUT2D eigenvalue weighted by Gasteiger charge is -2.10. The van der Waals surface area contributed by atoms with Crippen molar-refractivity contribution in [3.8, 4) is 22.8 Å². The van der Waals surface area contributed by atoms with Crippen LogP contribution in [0.4, 0.5) is 13.2 Å². The summed E-state index contributed by atoms with van der Waals surface area (Å²) in [5, 5.41) is 4.10. The zero-order chi connectivity index (χ0) is 19.8. The van der Waals surface area contributed by atoms with Gasteiger partial charge >= 0.3 is 0 Å². The molecule has 0 saturated heterocycles. The molecule has 0 aliphatic carbocycles. The first-order valence-corrected chi connectivity index (χ1v) is 8.21. The van der Waals surface area contributed by atoms with Crippen LogP contribution in [0.2, 0.25) is 0 Å². The lowest BCUT2D eigenvalue weighted by molar-refractivity contribution is 0.419. The Morgan fingerprint density at radius 1 is 0.929 bits per heavy atom. The summed E-state index contributed by atoms with van der Waals surface area (Å²) in [4.78, 5) is 15.8. The molecule has 4 rings (SSSR count). The molecule has 0 spiro atoms. The number of ether oxygens (including phenoxy) is 1. The van der Waals surface area contributed by atoms with Crippen molar-refractivity contribution in [2.75, 3.05) is 0 Å². The summed E-state index contributed by atoms with van der Waals surface area (Å²) < 4.78 is 48.9. The number of hydrogen-bond acceptors (Lipinski definition) is 4. The minimum absolute atomic E-state index is 0.0145. The highest BCUT2D eigenvalue weighted by molar-refractivity contribution is 5.79. The summed E-state index contributed by atoms with van der Waals surface area (Å²) >= 11 is 0. The molecule has 0 bridgehead atoms. The fraction of sp³-hybridized carbons (Fsp3) is 0.0500. The Bertz CT molecular complexity index is 1250. The third-order valence-corrected chi connectivity index (χ3v) is 4.11. The molecule has 0 aliphatic rings. The second-order valence-corrected chi connectivity index (χ2v) is 6.06. The SMILES string of the molecule is Cc1ccc(Oc2ccc3c(-c4c(F)cccc4F)c(=O)ncn3n2)c(F)c1. The van der Waals surface area contributed by atoms with E-state index in [4.69, 9.17) is 4.74 Å². The Hall–Kier alpha value is -3.68. The van der Waals surface area contributed by atoms with Gasteiger partial charge in [0.05, 0.1) is 16.6 Å². The molecule has 5 nitrogen and oxygen atoms in total. The van der Waals surface area contributed by atoms with E-state index in [0.717, 1.165) is 28.5 Å². The highest BCUT2D eigenvalue weighted by Crippen LogP contribution is 2.28. The number of aryl methyl sites for hydroxylation is 1. The van der Waals surface area contributed by atoms with E-state index in [1.165, 1.54) is 30.3 Å². The number of fused-ring (bicyclic) bond motifs is 1. The van der Waals surface area contributed by atoms with Gasteiger partial charge in [0.2, 0.25) is 5.88 Å². The monoisotopic (exact) mass is 383 g/mol. The fourth-order valence-corrected chi connectivity index (χ4v) is 2.81. The molecule has 140 valence electrons.